The van der Waals surface area contributed by atoms with Crippen LogP contribution in [0, 0.1) is 13.8 Å². The van der Waals surface area contributed by atoms with Gasteiger partial charge in [-0.3, -0.25) is 4.79 Å². The largest absolute Gasteiger partial charge is 0.328 e. The fraction of sp³-hybridized carbons (Fsp3) is 0.167. The van der Waals surface area contributed by atoms with Gasteiger partial charge in [-0.05, 0) is 50.2 Å². The van der Waals surface area contributed by atoms with Crippen LogP contribution in [0.2, 0.25) is 0 Å². The molecule has 1 aliphatic rings. The first-order valence-electron chi connectivity index (χ1n) is 9.77. The molecule has 0 atom stereocenters. The Hall–Kier alpha value is -3.60. The van der Waals surface area contributed by atoms with Crippen LogP contribution in [-0.4, -0.2) is 25.2 Å². The van der Waals surface area contributed by atoms with Crippen LogP contribution in [-0.2, 0) is 13.1 Å². The van der Waals surface area contributed by atoms with E-state index in [-0.39, 0.29) is 5.91 Å². The highest BCUT2D eigenvalue weighted by Crippen LogP contribution is 2.31. The molecule has 0 radical (unpaired) electrons. The summed E-state index contributed by atoms with van der Waals surface area (Å²) in [5, 5.41) is 4.89. The van der Waals surface area contributed by atoms with Gasteiger partial charge in [0.1, 0.15) is 5.82 Å². The quantitative estimate of drug-likeness (QED) is 0.526. The third kappa shape index (κ3) is 3.05. The molecule has 29 heavy (non-hydrogen) atoms. The summed E-state index contributed by atoms with van der Waals surface area (Å²) in [5.74, 6) is 1.04. The van der Waals surface area contributed by atoms with E-state index in [9.17, 15) is 4.79 Å². The molecule has 3 heterocycles. The van der Waals surface area contributed by atoms with E-state index in [0.717, 1.165) is 33.9 Å². The number of amides is 1. The van der Waals surface area contributed by atoms with Crippen molar-refractivity contribution < 1.29 is 4.79 Å². The van der Waals surface area contributed by atoms with E-state index in [2.05, 4.69) is 35.8 Å². The van der Waals surface area contributed by atoms with E-state index < -0.39 is 0 Å². The van der Waals surface area contributed by atoms with Gasteiger partial charge >= 0.3 is 0 Å². The molecule has 0 spiro atoms. The third-order valence-corrected chi connectivity index (χ3v) is 5.41. The molecule has 2 aromatic carbocycles. The normalized spacial score (nSPS) is 13.0. The molecule has 0 unspecified atom stereocenters. The maximum Gasteiger partial charge on any atom is 0.254 e. The van der Waals surface area contributed by atoms with Crippen molar-refractivity contribution in [3.63, 3.8) is 0 Å². The van der Waals surface area contributed by atoms with Gasteiger partial charge in [0.15, 0.2) is 0 Å². The van der Waals surface area contributed by atoms with Gasteiger partial charge in [-0.25, -0.2) is 4.68 Å². The van der Waals surface area contributed by atoms with Crippen molar-refractivity contribution in [2.75, 3.05) is 0 Å². The number of benzene rings is 2. The summed E-state index contributed by atoms with van der Waals surface area (Å²) in [6, 6.07) is 20.1. The zero-order valence-corrected chi connectivity index (χ0v) is 16.5. The van der Waals surface area contributed by atoms with Crippen molar-refractivity contribution in [1.82, 2.24) is 19.2 Å². The standard InChI is InChI=1S/C24H22N4O/c1-17-8-10-20(11-9-17)28-23(26-12-3-4-13-26)21-15-27(16-22(21)25-28)24(29)19-7-5-6-18(2)14-19/h3-14H,15-16H2,1-2H3. The number of aryl methyl sites for hydroxylation is 2. The number of carbonyl (C=O) groups excluding carboxylic acids is 1. The van der Waals surface area contributed by atoms with Crippen molar-refractivity contribution in [2.24, 2.45) is 0 Å². The van der Waals surface area contributed by atoms with E-state index in [1.54, 1.807) is 0 Å². The highest BCUT2D eigenvalue weighted by Gasteiger charge is 2.31. The minimum Gasteiger partial charge on any atom is -0.328 e. The van der Waals surface area contributed by atoms with Crippen molar-refractivity contribution in [2.45, 2.75) is 26.9 Å². The predicted molar refractivity (Wildman–Crippen MR) is 112 cm³/mol. The molecule has 4 aromatic rings. The second kappa shape index (κ2) is 6.78. The Balaban J connectivity index is 1.54. The smallest absolute Gasteiger partial charge is 0.254 e. The van der Waals surface area contributed by atoms with Gasteiger partial charge < -0.3 is 9.47 Å². The van der Waals surface area contributed by atoms with Gasteiger partial charge in [0.05, 0.1) is 24.5 Å². The van der Waals surface area contributed by atoms with E-state index in [1.807, 2.05) is 65.3 Å². The molecule has 0 fully saturated rings. The highest BCUT2D eigenvalue weighted by atomic mass is 16.2. The molecule has 1 aliphatic heterocycles. The Morgan fingerprint density at radius 2 is 1.66 bits per heavy atom. The number of hydrogen-bond acceptors (Lipinski definition) is 2. The van der Waals surface area contributed by atoms with Crippen LogP contribution in [0.4, 0.5) is 0 Å². The van der Waals surface area contributed by atoms with Crippen LogP contribution in [0.15, 0.2) is 73.1 Å². The lowest BCUT2D eigenvalue weighted by molar-refractivity contribution is 0.0749. The lowest BCUT2D eigenvalue weighted by Crippen LogP contribution is -2.26. The average Bonchev–Trinajstić information content (AvgIpc) is 3.44. The molecular weight excluding hydrogens is 360 g/mol. The van der Waals surface area contributed by atoms with Crippen LogP contribution in [0.5, 0.6) is 0 Å². The number of fused-ring (bicyclic) bond motifs is 1. The van der Waals surface area contributed by atoms with Gasteiger partial charge in [-0.15, -0.1) is 0 Å². The minimum absolute atomic E-state index is 0.0482. The molecule has 5 nitrogen and oxygen atoms in total. The number of hydrogen-bond donors (Lipinski definition) is 0. The van der Waals surface area contributed by atoms with Crippen molar-refractivity contribution in [3.8, 4) is 11.5 Å². The fourth-order valence-electron chi connectivity index (χ4n) is 3.91. The maximum absolute atomic E-state index is 13.0. The lowest BCUT2D eigenvalue weighted by atomic mass is 10.1. The first-order valence-corrected chi connectivity index (χ1v) is 9.77. The number of nitrogens with zero attached hydrogens (tertiary/aromatic N) is 4. The molecule has 144 valence electrons. The topological polar surface area (TPSA) is 43.1 Å². The molecule has 5 rings (SSSR count). The maximum atomic E-state index is 13.0. The highest BCUT2D eigenvalue weighted by molar-refractivity contribution is 5.94. The Bertz CT molecular complexity index is 1190. The molecule has 0 saturated heterocycles. The van der Waals surface area contributed by atoms with Crippen LogP contribution >= 0.6 is 0 Å². The van der Waals surface area contributed by atoms with Crippen molar-refractivity contribution in [3.05, 3.63) is 101 Å². The first kappa shape index (κ1) is 17.5. The molecule has 0 aliphatic carbocycles. The molecule has 0 saturated carbocycles. The lowest BCUT2D eigenvalue weighted by Gasteiger charge is -2.18. The Kier molecular flexibility index (Phi) is 4.09. The van der Waals surface area contributed by atoms with Gasteiger partial charge in [0.25, 0.3) is 5.91 Å². The van der Waals surface area contributed by atoms with E-state index in [0.29, 0.717) is 13.1 Å². The third-order valence-electron chi connectivity index (χ3n) is 5.41. The second-order valence-electron chi connectivity index (χ2n) is 7.62. The van der Waals surface area contributed by atoms with Gasteiger partial charge in [-0.1, -0.05) is 35.4 Å². The molecule has 1 amide bonds. The van der Waals surface area contributed by atoms with Gasteiger partial charge in [0.2, 0.25) is 0 Å². The van der Waals surface area contributed by atoms with Crippen LogP contribution in [0.1, 0.15) is 32.7 Å². The summed E-state index contributed by atoms with van der Waals surface area (Å²) in [6.07, 6.45) is 4.04. The fourth-order valence-corrected chi connectivity index (χ4v) is 3.91. The summed E-state index contributed by atoms with van der Waals surface area (Å²) < 4.78 is 4.06. The number of aromatic nitrogens is 3. The first-order chi connectivity index (χ1) is 14.1. The number of rotatable bonds is 3. The van der Waals surface area contributed by atoms with E-state index in [4.69, 9.17) is 5.10 Å². The second-order valence-corrected chi connectivity index (χ2v) is 7.62. The molecule has 5 heteroatoms. The average molecular weight is 382 g/mol. The molecule has 2 aromatic heterocycles. The molecule has 0 bridgehead atoms. The van der Waals surface area contributed by atoms with Gasteiger partial charge in [-0.2, -0.15) is 5.10 Å². The van der Waals surface area contributed by atoms with E-state index in [1.165, 1.54) is 5.56 Å². The predicted octanol–water partition coefficient (Wildman–Crippen LogP) is 4.44. The summed E-state index contributed by atoms with van der Waals surface area (Å²) in [4.78, 5) is 14.9. The Morgan fingerprint density at radius 1 is 0.897 bits per heavy atom. The van der Waals surface area contributed by atoms with E-state index >= 15 is 0 Å². The zero-order chi connectivity index (χ0) is 20.0. The zero-order valence-electron chi connectivity index (χ0n) is 16.5. The van der Waals surface area contributed by atoms with Crippen molar-refractivity contribution >= 4 is 5.91 Å². The SMILES string of the molecule is Cc1ccc(-n2nc3c(c2-n2cccc2)CN(C(=O)c2cccc(C)c2)C3)cc1. The number of carbonyl (C=O) groups is 1. The Morgan fingerprint density at radius 3 is 2.38 bits per heavy atom. The Labute approximate surface area is 169 Å². The molecule has 0 N–H and O–H groups in total. The van der Waals surface area contributed by atoms with Crippen LogP contribution in [0.25, 0.3) is 11.5 Å². The van der Waals surface area contributed by atoms with Crippen molar-refractivity contribution in [1.29, 1.82) is 0 Å². The monoisotopic (exact) mass is 382 g/mol. The summed E-state index contributed by atoms with van der Waals surface area (Å²) in [5.41, 5.74) is 6.10. The summed E-state index contributed by atoms with van der Waals surface area (Å²) >= 11 is 0. The molecular formula is C24H22N4O. The summed E-state index contributed by atoms with van der Waals surface area (Å²) in [6.45, 7) is 5.16. The van der Waals surface area contributed by atoms with Crippen LogP contribution in [0.3, 0.4) is 0 Å². The van der Waals surface area contributed by atoms with Gasteiger partial charge in [0, 0.05) is 23.5 Å². The van der Waals surface area contributed by atoms with Crippen LogP contribution < -0.4 is 0 Å². The minimum atomic E-state index is 0.0482. The summed E-state index contributed by atoms with van der Waals surface area (Å²) in [7, 11) is 0.